The summed E-state index contributed by atoms with van der Waals surface area (Å²) in [5.41, 5.74) is 20.3. The molecule has 0 aliphatic heterocycles. The van der Waals surface area contributed by atoms with Crippen molar-refractivity contribution in [2.75, 3.05) is 4.90 Å². The zero-order chi connectivity index (χ0) is 43.9. The normalized spacial score (nSPS) is 12.4. The molecular formula is C65H45N. The highest BCUT2D eigenvalue weighted by Gasteiger charge is 2.46. The minimum atomic E-state index is -0.437. The Morgan fingerprint density at radius 1 is 0.227 bits per heavy atom. The second-order valence-electron chi connectivity index (χ2n) is 17.3. The van der Waals surface area contributed by atoms with Gasteiger partial charge in [-0.15, -0.1) is 0 Å². The molecule has 0 aromatic heterocycles. The summed E-state index contributed by atoms with van der Waals surface area (Å²) < 4.78 is 0. The van der Waals surface area contributed by atoms with E-state index in [2.05, 4.69) is 278 Å². The Morgan fingerprint density at radius 3 is 1.26 bits per heavy atom. The van der Waals surface area contributed by atoms with Crippen LogP contribution in [0.4, 0.5) is 17.1 Å². The van der Waals surface area contributed by atoms with Crippen molar-refractivity contribution < 1.29 is 0 Å². The number of para-hydroxylation sites is 1. The smallest absolute Gasteiger partial charge is 0.0713 e. The first-order valence-electron chi connectivity index (χ1n) is 22.8. The Hall–Kier alpha value is -8.52. The van der Waals surface area contributed by atoms with Gasteiger partial charge in [0.25, 0.3) is 0 Å². The molecule has 0 saturated heterocycles. The maximum Gasteiger partial charge on any atom is 0.0713 e. The maximum atomic E-state index is 2.44. The van der Waals surface area contributed by atoms with E-state index < -0.39 is 5.41 Å². The van der Waals surface area contributed by atoms with Crippen molar-refractivity contribution in [2.24, 2.45) is 0 Å². The SMILES string of the molecule is c1ccc(N(c2ccc(-c3ccc(-c4cccc(-c5ccc6ccccc6c5)c4)cc3)cc2)c2ccc(-c3ccc4c(c3)C(c3ccccc3)(c3ccccc3)c3ccccc3-4)cc2)cc1. The fourth-order valence-corrected chi connectivity index (χ4v) is 10.4. The maximum absolute atomic E-state index is 2.44. The minimum absolute atomic E-state index is 0.437. The van der Waals surface area contributed by atoms with Gasteiger partial charge in [0.1, 0.15) is 0 Å². The molecule has 0 spiro atoms. The van der Waals surface area contributed by atoms with Crippen molar-refractivity contribution in [1.82, 2.24) is 0 Å². The lowest BCUT2D eigenvalue weighted by molar-refractivity contribution is 0.769. The predicted octanol–water partition coefficient (Wildman–Crippen LogP) is 17.3. The van der Waals surface area contributed by atoms with Crippen LogP contribution in [-0.4, -0.2) is 0 Å². The van der Waals surface area contributed by atoms with Crippen LogP contribution in [0.15, 0.2) is 273 Å². The van der Waals surface area contributed by atoms with Gasteiger partial charge < -0.3 is 4.90 Å². The Morgan fingerprint density at radius 2 is 0.636 bits per heavy atom. The van der Waals surface area contributed by atoms with E-state index in [1.54, 1.807) is 0 Å². The van der Waals surface area contributed by atoms with Crippen molar-refractivity contribution in [2.45, 2.75) is 5.41 Å². The average molecular weight is 840 g/mol. The third-order valence-corrected chi connectivity index (χ3v) is 13.6. The molecule has 0 atom stereocenters. The van der Waals surface area contributed by atoms with Crippen LogP contribution in [0.25, 0.3) is 66.4 Å². The number of nitrogens with zero attached hydrogens (tertiary/aromatic N) is 1. The fourth-order valence-electron chi connectivity index (χ4n) is 10.4. The van der Waals surface area contributed by atoms with Crippen LogP contribution in [0.1, 0.15) is 22.3 Å². The van der Waals surface area contributed by atoms with Crippen LogP contribution in [0.5, 0.6) is 0 Å². The largest absolute Gasteiger partial charge is 0.311 e. The molecule has 0 heterocycles. The summed E-state index contributed by atoms with van der Waals surface area (Å²) >= 11 is 0. The minimum Gasteiger partial charge on any atom is -0.311 e. The van der Waals surface area contributed by atoms with Gasteiger partial charge in [0.2, 0.25) is 0 Å². The van der Waals surface area contributed by atoms with Gasteiger partial charge in [0.05, 0.1) is 5.41 Å². The van der Waals surface area contributed by atoms with Crippen molar-refractivity contribution in [3.8, 4) is 55.6 Å². The summed E-state index contributed by atoms with van der Waals surface area (Å²) in [4.78, 5) is 2.34. The molecule has 0 N–H and O–H groups in total. The lowest BCUT2D eigenvalue weighted by atomic mass is 9.67. The first-order valence-corrected chi connectivity index (χ1v) is 22.8. The molecule has 1 nitrogen and oxygen atoms in total. The van der Waals surface area contributed by atoms with E-state index in [1.807, 2.05) is 0 Å². The van der Waals surface area contributed by atoms with E-state index in [0.717, 1.165) is 17.1 Å². The molecule has 66 heavy (non-hydrogen) atoms. The molecule has 11 aromatic carbocycles. The zero-order valence-corrected chi connectivity index (χ0v) is 36.4. The molecule has 0 amide bonds. The van der Waals surface area contributed by atoms with Crippen LogP contribution in [0, 0.1) is 0 Å². The zero-order valence-electron chi connectivity index (χ0n) is 36.4. The average Bonchev–Trinajstić information content (AvgIpc) is 3.70. The van der Waals surface area contributed by atoms with E-state index in [9.17, 15) is 0 Å². The van der Waals surface area contributed by atoms with Gasteiger partial charge in [-0.2, -0.15) is 0 Å². The first-order chi connectivity index (χ1) is 32.7. The van der Waals surface area contributed by atoms with Gasteiger partial charge in [0, 0.05) is 17.1 Å². The number of fused-ring (bicyclic) bond motifs is 4. The number of rotatable bonds is 9. The lowest BCUT2D eigenvalue weighted by Crippen LogP contribution is -2.28. The van der Waals surface area contributed by atoms with E-state index in [1.165, 1.54) is 88.7 Å². The van der Waals surface area contributed by atoms with Crippen LogP contribution in [-0.2, 0) is 5.41 Å². The Kier molecular flexibility index (Phi) is 9.81. The predicted molar refractivity (Wildman–Crippen MR) is 278 cm³/mol. The Balaban J connectivity index is 0.846. The van der Waals surface area contributed by atoms with Crippen molar-refractivity contribution in [1.29, 1.82) is 0 Å². The lowest BCUT2D eigenvalue weighted by Gasteiger charge is -2.34. The molecule has 1 heteroatoms. The Bertz CT molecular complexity index is 3440. The standard InChI is InChI=1S/C65H45N/c1-4-19-56(20-5-1)65(57-21-6-2-7-22-57)63-26-13-12-25-61(63)62-42-37-55(45-64(62)65)50-35-40-60(41-36-50)66(58-23-8-3-9-24-58)59-38-33-48(34-39-59)47-27-29-49(30-28-47)52-17-14-18-53(43-52)54-32-31-46-15-10-11-16-51(46)44-54/h1-45H. The molecule has 12 rings (SSSR count). The monoisotopic (exact) mass is 839 g/mol. The molecule has 0 unspecified atom stereocenters. The number of hydrogen-bond donors (Lipinski definition) is 0. The van der Waals surface area contributed by atoms with Crippen LogP contribution in [0.2, 0.25) is 0 Å². The van der Waals surface area contributed by atoms with Gasteiger partial charge in [-0.1, -0.05) is 218 Å². The molecule has 0 radical (unpaired) electrons. The highest BCUT2D eigenvalue weighted by Crippen LogP contribution is 2.56. The van der Waals surface area contributed by atoms with Crippen molar-refractivity contribution in [3.05, 3.63) is 295 Å². The molecular weight excluding hydrogens is 795 g/mol. The molecule has 0 fully saturated rings. The van der Waals surface area contributed by atoms with Gasteiger partial charge in [0.15, 0.2) is 0 Å². The van der Waals surface area contributed by atoms with Gasteiger partial charge >= 0.3 is 0 Å². The molecule has 11 aromatic rings. The van der Waals surface area contributed by atoms with Crippen molar-refractivity contribution >= 4 is 27.8 Å². The van der Waals surface area contributed by atoms with Gasteiger partial charge in [-0.05, 0) is 143 Å². The third-order valence-electron chi connectivity index (χ3n) is 13.6. The van der Waals surface area contributed by atoms with E-state index in [4.69, 9.17) is 0 Å². The fraction of sp³-hybridized carbons (Fsp3) is 0.0154. The number of hydrogen-bond acceptors (Lipinski definition) is 1. The van der Waals surface area contributed by atoms with E-state index >= 15 is 0 Å². The molecule has 0 bridgehead atoms. The summed E-state index contributed by atoms with van der Waals surface area (Å²) in [6.45, 7) is 0. The number of benzene rings is 11. The highest BCUT2D eigenvalue weighted by atomic mass is 15.1. The number of anilines is 3. The van der Waals surface area contributed by atoms with Gasteiger partial charge in [-0.3, -0.25) is 0 Å². The summed E-state index contributed by atoms with van der Waals surface area (Å²) in [7, 11) is 0. The quantitative estimate of drug-likeness (QED) is 0.140. The molecule has 0 saturated carbocycles. The summed E-state index contributed by atoms with van der Waals surface area (Å²) in [6.07, 6.45) is 0. The van der Waals surface area contributed by atoms with Crippen LogP contribution in [0.3, 0.4) is 0 Å². The molecule has 1 aliphatic rings. The Labute approximate surface area is 387 Å². The molecule has 1 aliphatic carbocycles. The van der Waals surface area contributed by atoms with Crippen LogP contribution < -0.4 is 4.90 Å². The highest BCUT2D eigenvalue weighted by molar-refractivity contribution is 5.90. The second kappa shape index (κ2) is 16.6. The third kappa shape index (κ3) is 6.81. The van der Waals surface area contributed by atoms with Gasteiger partial charge in [-0.25, -0.2) is 0 Å². The topological polar surface area (TPSA) is 3.24 Å². The molecule has 310 valence electrons. The summed E-state index contributed by atoms with van der Waals surface area (Å²) in [6, 6.07) is 99.8. The second-order valence-corrected chi connectivity index (χ2v) is 17.3. The van der Waals surface area contributed by atoms with Crippen molar-refractivity contribution in [3.63, 3.8) is 0 Å². The van der Waals surface area contributed by atoms with E-state index in [0.29, 0.717) is 0 Å². The summed E-state index contributed by atoms with van der Waals surface area (Å²) in [5.74, 6) is 0. The first kappa shape index (κ1) is 39.1. The van der Waals surface area contributed by atoms with Crippen LogP contribution >= 0.6 is 0 Å². The summed E-state index contributed by atoms with van der Waals surface area (Å²) in [5, 5.41) is 2.52. The van der Waals surface area contributed by atoms with E-state index in [-0.39, 0.29) is 0 Å².